The molecule has 0 heterocycles. The maximum Gasteiger partial charge on any atom is 0.273 e. The predicted molar refractivity (Wildman–Crippen MR) is 87.0 cm³/mol. The zero-order valence-electron chi connectivity index (χ0n) is 11.7. The standard InChI is InChI=1S/C15H15N3O3.ClH/c16-15(17)12-6-4-11(5-7-12)8-9-21-14-3-1-2-13(10-14)18(19)20;/h1-7,10H,8-9H2,(H3,16,17);1H. The average molecular weight is 322 g/mol. The Morgan fingerprint density at radius 3 is 2.50 bits per heavy atom. The average Bonchev–Trinajstić information content (AvgIpc) is 2.48. The van der Waals surface area contributed by atoms with Crippen molar-refractivity contribution in [1.82, 2.24) is 0 Å². The number of nitrogens with two attached hydrogens (primary N) is 1. The van der Waals surface area contributed by atoms with Crippen molar-refractivity contribution < 1.29 is 9.66 Å². The molecule has 0 saturated carbocycles. The highest BCUT2D eigenvalue weighted by molar-refractivity contribution is 5.94. The number of rotatable bonds is 6. The van der Waals surface area contributed by atoms with Crippen molar-refractivity contribution in [2.45, 2.75) is 6.42 Å². The molecule has 0 unspecified atom stereocenters. The topological polar surface area (TPSA) is 102 Å². The Kier molecular flexibility index (Phi) is 6.34. The highest BCUT2D eigenvalue weighted by atomic mass is 35.5. The number of hydrogen-bond acceptors (Lipinski definition) is 4. The summed E-state index contributed by atoms with van der Waals surface area (Å²) in [5.41, 5.74) is 7.12. The van der Waals surface area contributed by atoms with Gasteiger partial charge >= 0.3 is 0 Å². The Morgan fingerprint density at radius 2 is 1.91 bits per heavy atom. The van der Waals surface area contributed by atoms with E-state index >= 15 is 0 Å². The van der Waals surface area contributed by atoms with Crippen molar-refractivity contribution in [3.8, 4) is 5.75 Å². The summed E-state index contributed by atoms with van der Waals surface area (Å²) in [5, 5.41) is 18.0. The maximum atomic E-state index is 10.7. The van der Waals surface area contributed by atoms with Crippen molar-refractivity contribution in [2.75, 3.05) is 6.61 Å². The molecule has 6 nitrogen and oxygen atoms in total. The van der Waals surface area contributed by atoms with Crippen LogP contribution in [0.2, 0.25) is 0 Å². The van der Waals surface area contributed by atoms with Gasteiger partial charge in [0.15, 0.2) is 0 Å². The molecule has 0 bridgehead atoms. The van der Waals surface area contributed by atoms with Crippen LogP contribution in [0, 0.1) is 15.5 Å². The van der Waals surface area contributed by atoms with Gasteiger partial charge in [0.25, 0.3) is 5.69 Å². The number of nitrogens with zero attached hydrogens (tertiary/aromatic N) is 1. The molecule has 22 heavy (non-hydrogen) atoms. The van der Waals surface area contributed by atoms with E-state index in [1.807, 2.05) is 12.1 Å². The van der Waals surface area contributed by atoms with Crippen molar-refractivity contribution in [3.63, 3.8) is 0 Å². The highest BCUT2D eigenvalue weighted by Crippen LogP contribution is 2.19. The van der Waals surface area contributed by atoms with Crippen LogP contribution in [-0.4, -0.2) is 17.4 Å². The van der Waals surface area contributed by atoms with E-state index < -0.39 is 4.92 Å². The summed E-state index contributed by atoms with van der Waals surface area (Å²) in [6, 6.07) is 13.4. The fourth-order valence-electron chi connectivity index (χ4n) is 1.82. The quantitative estimate of drug-likeness (QED) is 0.369. The summed E-state index contributed by atoms with van der Waals surface area (Å²) in [6.45, 7) is 0.417. The molecule has 0 atom stereocenters. The Morgan fingerprint density at radius 1 is 1.23 bits per heavy atom. The molecule has 7 heteroatoms. The Balaban J connectivity index is 0.00000242. The number of ether oxygens (including phenoxy) is 1. The van der Waals surface area contributed by atoms with Gasteiger partial charge in [-0.3, -0.25) is 15.5 Å². The number of nitrogens with one attached hydrogen (secondary N) is 1. The highest BCUT2D eigenvalue weighted by Gasteiger charge is 2.06. The number of nitro groups is 1. The van der Waals surface area contributed by atoms with Crippen molar-refractivity contribution in [3.05, 3.63) is 69.8 Å². The Labute approximate surface area is 134 Å². The van der Waals surface area contributed by atoms with Gasteiger partial charge in [0.1, 0.15) is 11.6 Å². The number of hydrogen-bond donors (Lipinski definition) is 2. The second-order valence-corrected chi connectivity index (χ2v) is 4.46. The number of nitro benzene ring substituents is 1. The summed E-state index contributed by atoms with van der Waals surface area (Å²) in [4.78, 5) is 10.2. The molecule has 116 valence electrons. The van der Waals surface area contributed by atoms with Gasteiger partial charge in [0.05, 0.1) is 17.6 Å². The molecule has 2 aromatic carbocycles. The number of halogens is 1. The van der Waals surface area contributed by atoms with Crippen LogP contribution in [0.4, 0.5) is 5.69 Å². The first kappa shape index (κ1) is 17.5. The molecule has 0 aromatic heterocycles. The molecular formula is C15H16ClN3O3. The minimum Gasteiger partial charge on any atom is -0.493 e. The summed E-state index contributed by atoms with van der Waals surface area (Å²) in [6.07, 6.45) is 0.668. The summed E-state index contributed by atoms with van der Waals surface area (Å²) in [5.74, 6) is 0.513. The van der Waals surface area contributed by atoms with Gasteiger partial charge in [-0.2, -0.15) is 0 Å². The fourth-order valence-corrected chi connectivity index (χ4v) is 1.82. The van der Waals surface area contributed by atoms with Crippen molar-refractivity contribution in [2.24, 2.45) is 5.73 Å². The van der Waals surface area contributed by atoms with Crippen LogP contribution >= 0.6 is 12.4 Å². The molecule has 0 amide bonds. The molecule has 0 spiro atoms. The van der Waals surface area contributed by atoms with Gasteiger partial charge in [-0.1, -0.05) is 30.3 Å². The zero-order valence-corrected chi connectivity index (χ0v) is 12.5. The van der Waals surface area contributed by atoms with Crippen LogP contribution in [0.1, 0.15) is 11.1 Å². The van der Waals surface area contributed by atoms with Gasteiger partial charge in [0, 0.05) is 18.1 Å². The monoisotopic (exact) mass is 321 g/mol. The van der Waals surface area contributed by atoms with E-state index in [4.69, 9.17) is 15.9 Å². The van der Waals surface area contributed by atoms with Crippen LogP contribution in [0.3, 0.4) is 0 Å². The summed E-state index contributed by atoms with van der Waals surface area (Å²) < 4.78 is 5.51. The lowest BCUT2D eigenvalue weighted by Gasteiger charge is -2.06. The molecule has 0 aliphatic carbocycles. The zero-order chi connectivity index (χ0) is 15.2. The predicted octanol–water partition coefficient (Wildman–Crippen LogP) is 2.92. The van der Waals surface area contributed by atoms with Crippen LogP contribution in [0.15, 0.2) is 48.5 Å². The number of nitrogen functional groups attached to an aromatic ring is 1. The first-order chi connectivity index (χ1) is 10.1. The van der Waals surface area contributed by atoms with E-state index in [0.29, 0.717) is 24.3 Å². The summed E-state index contributed by atoms with van der Waals surface area (Å²) in [7, 11) is 0. The second kappa shape index (κ2) is 7.99. The lowest BCUT2D eigenvalue weighted by atomic mass is 10.1. The van der Waals surface area contributed by atoms with E-state index in [2.05, 4.69) is 0 Å². The SMILES string of the molecule is Cl.N=C(N)c1ccc(CCOc2cccc([N+](=O)[O-])c2)cc1. The lowest BCUT2D eigenvalue weighted by Crippen LogP contribution is -2.10. The number of non-ortho nitro benzene ring substituents is 1. The minimum absolute atomic E-state index is 0. The lowest BCUT2D eigenvalue weighted by molar-refractivity contribution is -0.384. The first-order valence-electron chi connectivity index (χ1n) is 6.37. The molecule has 0 radical (unpaired) electrons. The second-order valence-electron chi connectivity index (χ2n) is 4.46. The smallest absolute Gasteiger partial charge is 0.273 e. The van der Waals surface area contributed by atoms with E-state index in [-0.39, 0.29) is 23.9 Å². The molecule has 2 aromatic rings. The molecule has 3 N–H and O–H groups in total. The van der Waals surface area contributed by atoms with Crippen molar-refractivity contribution in [1.29, 1.82) is 5.41 Å². The molecule has 0 saturated heterocycles. The third-order valence-electron chi connectivity index (χ3n) is 2.95. The molecular weight excluding hydrogens is 306 g/mol. The minimum atomic E-state index is -0.451. The number of amidine groups is 1. The van der Waals surface area contributed by atoms with Gasteiger partial charge < -0.3 is 10.5 Å². The van der Waals surface area contributed by atoms with Crippen molar-refractivity contribution >= 4 is 23.9 Å². The number of benzene rings is 2. The molecule has 2 rings (SSSR count). The van der Waals surface area contributed by atoms with E-state index in [1.165, 1.54) is 12.1 Å². The van der Waals surface area contributed by atoms with E-state index in [1.54, 1.807) is 24.3 Å². The van der Waals surface area contributed by atoms with E-state index in [9.17, 15) is 10.1 Å². The van der Waals surface area contributed by atoms with Gasteiger partial charge in [-0.25, -0.2) is 0 Å². The van der Waals surface area contributed by atoms with Crippen LogP contribution < -0.4 is 10.5 Å². The Hall–Kier alpha value is -2.60. The summed E-state index contributed by atoms with van der Waals surface area (Å²) >= 11 is 0. The normalized spacial score (nSPS) is 9.64. The third kappa shape index (κ3) is 4.75. The largest absolute Gasteiger partial charge is 0.493 e. The van der Waals surface area contributed by atoms with Gasteiger partial charge in [-0.15, -0.1) is 12.4 Å². The molecule has 0 aliphatic rings. The maximum absolute atomic E-state index is 10.7. The van der Waals surface area contributed by atoms with E-state index in [0.717, 1.165) is 5.56 Å². The molecule has 0 fully saturated rings. The molecule has 0 aliphatic heterocycles. The van der Waals surface area contributed by atoms with Crippen LogP contribution in [0.25, 0.3) is 0 Å². The van der Waals surface area contributed by atoms with Gasteiger partial charge in [-0.05, 0) is 11.6 Å². The Bertz CT molecular complexity index is 659. The van der Waals surface area contributed by atoms with Gasteiger partial charge in [0.2, 0.25) is 0 Å². The fraction of sp³-hybridized carbons (Fsp3) is 0.133. The van der Waals surface area contributed by atoms with Crippen LogP contribution in [-0.2, 0) is 6.42 Å². The van der Waals surface area contributed by atoms with Crippen LogP contribution in [0.5, 0.6) is 5.75 Å². The first-order valence-corrected chi connectivity index (χ1v) is 6.37. The third-order valence-corrected chi connectivity index (χ3v) is 2.95.